The van der Waals surface area contributed by atoms with Gasteiger partial charge in [-0.05, 0) is 41.0 Å². The lowest BCUT2D eigenvalue weighted by atomic mass is 10.1. The molecule has 0 saturated carbocycles. The monoisotopic (exact) mass is 584 g/mol. The van der Waals surface area contributed by atoms with E-state index in [1.54, 1.807) is 24.3 Å². The highest BCUT2D eigenvalue weighted by molar-refractivity contribution is 5.83. The second-order valence-corrected chi connectivity index (χ2v) is 10.5. The van der Waals surface area contributed by atoms with Crippen LogP contribution in [0.5, 0.6) is 11.5 Å². The molecule has 12 heteroatoms. The van der Waals surface area contributed by atoms with Crippen LogP contribution in [0.4, 0.5) is 17.6 Å². The van der Waals surface area contributed by atoms with Crippen LogP contribution in [0.2, 0.25) is 0 Å². The van der Waals surface area contributed by atoms with Crippen LogP contribution in [0.15, 0.2) is 36.4 Å². The summed E-state index contributed by atoms with van der Waals surface area (Å²) in [5.41, 5.74) is 1.52. The minimum atomic E-state index is -0.845. The summed E-state index contributed by atoms with van der Waals surface area (Å²) >= 11 is 0. The lowest BCUT2D eigenvalue weighted by Gasteiger charge is -2.11. The number of fused-ring (bicyclic) bond motifs is 2. The summed E-state index contributed by atoms with van der Waals surface area (Å²) in [4.78, 5) is 18.4. The zero-order chi connectivity index (χ0) is 30.0. The summed E-state index contributed by atoms with van der Waals surface area (Å²) in [7, 11) is 7.63. The number of rotatable bonds is 12. The molecule has 8 nitrogen and oxygen atoms in total. The van der Waals surface area contributed by atoms with Gasteiger partial charge >= 0.3 is 0 Å². The van der Waals surface area contributed by atoms with Crippen molar-refractivity contribution in [3.05, 3.63) is 59.7 Å². The average molecular weight is 585 g/mol. The number of nitrogens with one attached hydrogen (secondary N) is 2. The normalized spacial score (nSPS) is 11.9. The second kappa shape index (κ2) is 12.4. The van der Waals surface area contributed by atoms with E-state index in [-0.39, 0.29) is 35.3 Å². The molecule has 0 aliphatic carbocycles. The van der Waals surface area contributed by atoms with Crippen LogP contribution in [-0.2, 0) is 0 Å². The van der Waals surface area contributed by atoms with Gasteiger partial charge in [0.25, 0.3) is 0 Å². The Kier molecular flexibility index (Phi) is 8.64. The number of aromatic amines is 2. The molecule has 42 heavy (non-hydrogen) atoms. The van der Waals surface area contributed by atoms with E-state index < -0.39 is 34.8 Å². The molecule has 0 spiro atoms. The predicted octanol–water partition coefficient (Wildman–Crippen LogP) is 5.99. The van der Waals surface area contributed by atoms with Crippen molar-refractivity contribution in [3.63, 3.8) is 0 Å². The number of ether oxygens (including phenoxy) is 2. The Labute approximate surface area is 240 Å². The molecular weight excluding hydrogens is 552 g/mol. The van der Waals surface area contributed by atoms with E-state index in [9.17, 15) is 8.78 Å². The topological polar surface area (TPSA) is 82.3 Å². The first-order chi connectivity index (χ1) is 20.1. The molecule has 0 aliphatic rings. The van der Waals surface area contributed by atoms with Crippen molar-refractivity contribution in [3.8, 4) is 34.3 Å². The van der Waals surface area contributed by atoms with E-state index in [0.717, 1.165) is 25.2 Å². The summed E-state index contributed by atoms with van der Waals surface area (Å²) in [6, 6.07) is 9.12. The molecule has 2 heterocycles. The molecule has 0 saturated heterocycles. The number of halogens is 4. The first-order valence-electron chi connectivity index (χ1n) is 13.5. The van der Waals surface area contributed by atoms with Gasteiger partial charge in [-0.25, -0.2) is 27.5 Å². The largest absolute Gasteiger partial charge is 0.488 e. The van der Waals surface area contributed by atoms with Gasteiger partial charge in [-0.3, -0.25) is 0 Å². The molecule has 222 valence electrons. The van der Waals surface area contributed by atoms with Gasteiger partial charge in [0.1, 0.15) is 22.7 Å². The van der Waals surface area contributed by atoms with Gasteiger partial charge in [-0.1, -0.05) is 24.3 Å². The molecule has 3 aromatic carbocycles. The Morgan fingerprint density at radius 3 is 1.38 bits per heavy atom. The Balaban J connectivity index is 1.35. The summed E-state index contributed by atoms with van der Waals surface area (Å²) in [5.74, 6) is -3.57. The van der Waals surface area contributed by atoms with Crippen LogP contribution >= 0.6 is 0 Å². The van der Waals surface area contributed by atoms with Crippen LogP contribution in [0.25, 0.3) is 44.8 Å². The van der Waals surface area contributed by atoms with Crippen molar-refractivity contribution >= 4 is 22.1 Å². The lowest BCUT2D eigenvalue weighted by Crippen LogP contribution is -2.16. The fourth-order valence-electron chi connectivity index (χ4n) is 4.56. The third-order valence-corrected chi connectivity index (χ3v) is 6.69. The summed E-state index contributed by atoms with van der Waals surface area (Å²) in [6.45, 7) is 1.79. The highest BCUT2D eigenvalue weighted by atomic mass is 19.1. The highest BCUT2D eigenvalue weighted by Gasteiger charge is 2.21. The van der Waals surface area contributed by atoms with Gasteiger partial charge < -0.3 is 29.2 Å². The third kappa shape index (κ3) is 6.19. The SMILES string of the molecule is CN(C)CCCOc1c(F)cc2nc(-c3ccc(-c4nc5cc(F)c(OCCCN(C)C)c(F)c5[nH]4)cc3)[nH]c2c1F. The summed E-state index contributed by atoms with van der Waals surface area (Å²) in [5, 5.41) is 0. The quantitative estimate of drug-likeness (QED) is 0.139. The van der Waals surface area contributed by atoms with Crippen molar-refractivity contribution in [1.82, 2.24) is 29.7 Å². The van der Waals surface area contributed by atoms with Crippen LogP contribution < -0.4 is 9.47 Å². The van der Waals surface area contributed by atoms with E-state index in [4.69, 9.17) is 9.47 Å². The van der Waals surface area contributed by atoms with Crippen LogP contribution in [-0.4, -0.2) is 84.2 Å². The maximum absolute atomic E-state index is 15.1. The van der Waals surface area contributed by atoms with Gasteiger partial charge in [0.2, 0.25) is 0 Å². The Bertz CT molecular complexity index is 1570. The Morgan fingerprint density at radius 1 is 0.643 bits per heavy atom. The van der Waals surface area contributed by atoms with Gasteiger partial charge in [-0.2, -0.15) is 0 Å². The number of hydrogen-bond acceptors (Lipinski definition) is 6. The average Bonchev–Trinajstić information content (AvgIpc) is 3.57. The minimum absolute atomic E-state index is 0.0348. The van der Waals surface area contributed by atoms with E-state index in [1.807, 2.05) is 38.0 Å². The Morgan fingerprint density at radius 2 is 1.02 bits per heavy atom. The first-order valence-corrected chi connectivity index (χ1v) is 13.5. The first kappa shape index (κ1) is 29.3. The van der Waals surface area contributed by atoms with E-state index in [2.05, 4.69) is 19.9 Å². The zero-order valence-corrected chi connectivity index (χ0v) is 23.8. The minimum Gasteiger partial charge on any atom is -0.488 e. The predicted molar refractivity (Wildman–Crippen MR) is 154 cm³/mol. The molecule has 0 atom stereocenters. The standard InChI is InChI=1S/C30H32F4N6O2/c1-39(2)11-5-13-41-27-19(31)15-21-25(23(27)33)37-29(35-21)17-7-9-18(10-8-17)30-36-22-16-20(32)28(24(34)26(22)38-30)42-14-6-12-40(3)4/h7-10,15-16H,5-6,11-14H2,1-4H3,(H,35,37)(H,36,38). The van der Waals surface area contributed by atoms with Crippen molar-refractivity contribution in [2.45, 2.75) is 12.8 Å². The van der Waals surface area contributed by atoms with E-state index >= 15 is 8.78 Å². The number of H-pyrrole nitrogens is 2. The number of hydrogen-bond donors (Lipinski definition) is 2. The van der Waals surface area contributed by atoms with Crippen LogP contribution in [0.3, 0.4) is 0 Å². The summed E-state index contributed by atoms with van der Waals surface area (Å²) in [6.07, 6.45) is 1.23. The smallest absolute Gasteiger partial charge is 0.193 e. The maximum Gasteiger partial charge on any atom is 0.193 e. The van der Waals surface area contributed by atoms with Crippen LogP contribution in [0, 0.1) is 23.3 Å². The van der Waals surface area contributed by atoms with Gasteiger partial charge in [0.05, 0.1) is 24.2 Å². The molecule has 0 bridgehead atoms. The third-order valence-electron chi connectivity index (χ3n) is 6.69. The lowest BCUT2D eigenvalue weighted by molar-refractivity contribution is 0.260. The molecule has 5 rings (SSSR count). The van der Waals surface area contributed by atoms with Crippen molar-refractivity contribution in [2.75, 3.05) is 54.5 Å². The maximum atomic E-state index is 15.1. The van der Waals surface area contributed by atoms with Gasteiger partial charge in [0, 0.05) is 36.3 Å². The molecule has 0 fully saturated rings. The molecule has 0 amide bonds. The van der Waals surface area contributed by atoms with Crippen molar-refractivity contribution < 1.29 is 27.0 Å². The fourth-order valence-corrected chi connectivity index (χ4v) is 4.56. The molecular formula is C30H32F4N6O2. The van der Waals surface area contributed by atoms with Gasteiger partial charge in [-0.15, -0.1) is 0 Å². The highest BCUT2D eigenvalue weighted by Crippen LogP contribution is 2.33. The van der Waals surface area contributed by atoms with E-state index in [1.165, 1.54) is 0 Å². The number of benzene rings is 3. The number of aromatic nitrogens is 4. The molecule has 0 radical (unpaired) electrons. The molecule has 2 aromatic heterocycles. The van der Waals surface area contributed by atoms with Gasteiger partial charge in [0.15, 0.2) is 34.8 Å². The van der Waals surface area contributed by atoms with Crippen LogP contribution in [0.1, 0.15) is 12.8 Å². The van der Waals surface area contributed by atoms with Crippen molar-refractivity contribution in [1.29, 1.82) is 0 Å². The molecule has 5 aromatic rings. The fraction of sp³-hybridized carbons (Fsp3) is 0.333. The Hall–Kier alpha value is -4.16. The molecule has 0 aliphatic heterocycles. The molecule has 0 unspecified atom stereocenters. The number of imidazole rings is 2. The second-order valence-electron chi connectivity index (χ2n) is 10.5. The zero-order valence-electron chi connectivity index (χ0n) is 23.8. The summed E-state index contributed by atoms with van der Waals surface area (Å²) < 4.78 is 70.2. The van der Waals surface area contributed by atoms with Crippen molar-refractivity contribution in [2.24, 2.45) is 0 Å². The van der Waals surface area contributed by atoms with E-state index in [0.29, 0.717) is 35.6 Å². The molecule has 2 N–H and O–H groups in total. The number of nitrogens with zero attached hydrogens (tertiary/aromatic N) is 4.